The standard InChI is InChI=1S/C16H18Cl2N6O2/c17-13-5-1-4-12(15(13)18)16(26)19-7-11-3-2-6-23(8-11)14(25)9-24-10-20-21-22-24/h1,4-5,10-11H,2-3,6-9H2,(H,19,26). The summed E-state index contributed by atoms with van der Waals surface area (Å²) in [7, 11) is 0. The van der Waals surface area contributed by atoms with E-state index in [1.807, 2.05) is 0 Å². The van der Waals surface area contributed by atoms with E-state index in [-0.39, 0.29) is 29.3 Å². The third kappa shape index (κ3) is 4.50. The minimum absolute atomic E-state index is 0.0359. The minimum atomic E-state index is -0.269. The first kappa shape index (κ1) is 18.6. The number of piperidine rings is 1. The maximum Gasteiger partial charge on any atom is 0.252 e. The summed E-state index contributed by atoms with van der Waals surface area (Å²) in [5.74, 6) is -0.121. The minimum Gasteiger partial charge on any atom is -0.352 e. The summed E-state index contributed by atoms with van der Waals surface area (Å²) < 4.78 is 1.40. The zero-order valence-electron chi connectivity index (χ0n) is 13.9. The zero-order chi connectivity index (χ0) is 18.5. The molecule has 0 saturated carbocycles. The number of benzene rings is 1. The van der Waals surface area contributed by atoms with E-state index in [1.54, 1.807) is 23.1 Å². The lowest BCUT2D eigenvalue weighted by Gasteiger charge is -2.32. The van der Waals surface area contributed by atoms with E-state index >= 15 is 0 Å². The third-order valence-electron chi connectivity index (χ3n) is 4.31. The molecule has 0 radical (unpaired) electrons. The Bertz CT molecular complexity index is 783. The highest BCUT2D eigenvalue weighted by molar-refractivity contribution is 6.43. The molecule has 1 aromatic heterocycles. The molecule has 1 fully saturated rings. The molecule has 0 spiro atoms. The van der Waals surface area contributed by atoms with Crippen LogP contribution in [0.25, 0.3) is 0 Å². The van der Waals surface area contributed by atoms with Crippen molar-refractivity contribution in [1.82, 2.24) is 30.4 Å². The summed E-state index contributed by atoms with van der Waals surface area (Å²) in [6.45, 7) is 1.87. The van der Waals surface area contributed by atoms with Crippen LogP contribution in [0, 0.1) is 5.92 Å². The van der Waals surface area contributed by atoms with Crippen LogP contribution in [-0.2, 0) is 11.3 Å². The summed E-state index contributed by atoms with van der Waals surface area (Å²) in [4.78, 5) is 26.5. The van der Waals surface area contributed by atoms with Crippen molar-refractivity contribution in [3.63, 3.8) is 0 Å². The lowest BCUT2D eigenvalue weighted by molar-refractivity contribution is -0.133. The molecule has 2 amide bonds. The Morgan fingerprint density at radius 1 is 1.31 bits per heavy atom. The second-order valence-electron chi connectivity index (χ2n) is 6.17. The largest absolute Gasteiger partial charge is 0.352 e. The molecule has 1 N–H and O–H groups in total. The summed E-state index contributed by atoms with van der Waals surface area (Å²) in [6, 6.07) is 4.95. The predicted molar refractivity (Wildman–Crippen MR) is 95.9 cm³/mol. The molecule has 1 aliphatic rings. The van der Waals surface area contributed by atoms with E-state index in [0.29, 0.717) is 30.2 Å². The fourth-order valence-electron chi connectivity index (χ4n) is 2.96. The van der Waals surface area contributed by atoms with Crippen molar-refractivity contribution in [3.05, 3.63) is 40.1 Å². The van der Waals surface area contributed by atoms with Gasteiger partial charge < -0.3 is 10.2 Å². The van der Waals surface area contributed by atoms with Crippen LogP contribution in [0.1, 0.15) is 23.2 Å². The molecule has 0 aliphatic carbocycles. The van der Waals surface area contributed by atoms with Crippen LogP contribution in [-0.4, -0.2) is 56.6 Å². The van der Waals surface area contributed by atoms with Gasteiger partial charge in [0, 0.05) is 19.6 Å². The topological polar surface area (TPSA) is 93.0 Å². The summed E-state index contributed by atoms with van der Waals surface area (Å²) in [6.07, 6.45) is 3.24. The van der Waals surface area contributed by atoms with Crippen LogP contribution in [0.15, 0.2) is 24.5 Å². The molecule has 1 aliphatic heterocycles. The van der Waals surface area contributed by atoms with Crippen LogP contribution in [0.2, 0.25) is 10.0 Å². The number of rotatable bonds is 5. The third-order valence-corrected chi connectivity index (χ3v) is 5.13. The van der Waals surface area contributed by atoms with Crippen molar-refractivity contribution in [2.24, 2.45) is 5.92 Å². The predicted octanol–water partition coefficient (Wildman–Crippen LogP) is 1.65. The fourth-order valence-corrected chi connectivity index (χ4v) is 3.35. The smallest absolute Gasteiger partial charge is 0.252 e. The quantitative estimate of drug-likeness (QED) is 0.828. The molecule has 1 atom stereocenters. The molecule has 10 heteroatoms. The zero-order valence-corrected chi connectivity index (χ0v) is 15.4. The van der Waals surface area contributed by atoms with Gasteiger partial charge in [-0.2, -0.15) is 0 Å². The summed E-state index contributed by atoms with van der Waals surface area (Å²) in [5, 5.41) is 14.2. The van der Waals surface area contributed by atoms with E-state index in [0.717, 1.165) is 12.8 Å². The molecule has 2 heterocycles. The Morgan fingerprint density at radius 2 is 2.15 bits per heavy atom. The van der Waals surface area contributed by atoms with E-state index in [9.17, 15) is 9.59 Å². The Morgan fingerprint density at radius 3 is 2.92 bits per heavy atom. The van der Waals surface area contributed by atoms with Gasteiger partial charge in [-0.3, -0.25) is 9.59 Å². The average molecular weight is 397 g/mol. The number of hydrogen-bond acceptors (Lipinski definition) is 5. The second kappa shape index (κ2) is 8.46. The number of amides is 2. The second-order valence-corrected chi connectivity index (χ2v) is 6.95. The molecule has 0 bridgehead atoms. The number of nitrogens with zero attached hydrogens (tertiary/aromatic N) is 5. The SMILES string of the molecule is O=C(NCC1CCCN(C(=O)Cn2cnnn2)C1)c1cccc(Cl)c1Cl. The van der Waals surface area contributed by atoms with Gasteiger partial charge in [0.1, 0.15) is 12.9 Å². The molecule has 3 rings (SSSR count). The fraction of sp³-hybridized carbons (Fsp3) is 0.438. The number of carbonyl (C=O) groups is 2. The van der Waals surface area contributed by atoms with Crippen molar-refractivity contribution in [2.45, 2.75) is 19.4 Å². The highest BCUT2D eigenvalue weighted by atomic mass is 35.5. The molecule has 1 unspecified atom stereocenters. The van der Waals surface area contributed by atoms with Crippen LogP contribution in [0.4, 0.5) is 0 Å². The van der Waals surface area contributed by atoms with Gasteiger partial charge in [0.05, 0.1) is 15.6 Å². The van der Waals surface area contributed by atoms with Gasteiger partial charge in [-0.1, -0.05) is 29.3 Å². The normalized spacial score (nSPS) is 17.2. The average Bonchev–Trinajstić information content (AvgIpc) is 3.15. The summed E-state index contributed by atoms with van der Waals surface area (Å²) >= 11 is 12.0. The van der Waals surface area contributed by atoms with Gasteiger partial charge in [0.2, 0.25) is 5.91 Å². The first-order valence-corrected chi connectivity index (χ1v) is 9.01. The first-order chi connectivity index (χ1) is 12.5. The van der Waals surface area contributed by atoms with Gasteiger partial charge in [-0.05, 0) is 41.3 Å². The molecular formula is C16H18Cl2N6O2. The number of aromatic nitrogens is 4. The number of carbonyl (C=O) groups excluding carboxylic acids is 2. The van der Waals surface area contributed by atoms with Crippen molar-refractivity contribution in [3.8, 4) is 0 Å². The van der Waals surface area contributed by atoms with Gasteiger partial charge in [-0.15, -0.1) is 5.10 Å². The lowest BCUT2D eigenvalue weighted by atomic mass is 9.97. The van der Waals surface area contributed by atoms with E-state index in [4.69, 9.17) is 23.2 Å². The van der Waals surface area contributed by atoms with Crippen LogP contribution in [0.3, 0.4) is 0 Å². The molecule has 26 heavy (non-hydrogen) atoms. The number of likely N-dealkylation sites (tertiary alicyclic amines) is 1. The maximum atomic E-state index is 12.3. The van der Waals surface area contributed by atoms with Crippen LogP contribution >= 0.6 is 23.2 Å². The van der Waals surface area contributed by atoms with Crippen LogP contribution < -0.4 is 5.32 Å². The Labute approximate surface area is 160 Å². The monoisotopic (exact) mass is 396 g/mol. The number of nitrogens with one attached hydrogen (secondary N) is 1. The first-order valence-electron chi connectivity index (χ1n) is 8.25. The van der Waals surface area contributed by atoms with E-state index in [2.05, 4.69) is 20.8 Å². The van der Waals surface area contributed by atoms with E-state index in [1.165, 1.54) is 11.0 Å². The van der Waals surface area contributed by atoms with Gasteiger partial charge in [0.15, 0.2) is 0 Å². The van der Waals surface area contributed by atoms with Gasteiger partial charge in [0.25, 0.3) is 5.91 Å². The molecule has 1 aromatic carbocycles. The summed E-state index contributed by atoms with van der Waals surface area (Å²) in [5.41, 5.74) is 0.349. The number of tetrazole rings is 1. The van der Waals surface area contributed by atoms with Crippen molar-refractivity contribution in [1.29, 1.82) is 0 Å². The highest BCUT2D eigenvalue weighted by Crippen LogP contribution is 2.25. The van der Waals surface area contributed by atoms with Gasteiger partial charge >= 0.3 is 0 Å². The Balaban J connectivity index is 1.52. The van der Waals surface area contributed by atoms with E-state index < -0.39 is 0 Å². The van der Waals surface area contributed by atoms with Crippen LogP contribution in [0.5, 0.6) is 0 Å². The number of hydrogen-bond donors (Lipinski definition) is 1. The van der Waals surface area contributed by atoms with Crippen molar-refractivity contribution in [2.75, 3.05) is 19.6 Å². The molecule has 8 nitrogen and oxygen atoms in total. The number of halogens is 2. The Hall–Kier alpha value is -2.19. The maximum absolute atomic E-state index is 12.3. The van der Waals surface area contributed by atoms with Crippen molar-refractivity contribution < 1.29 is 9.59 Å². The molecule has 138 valence electrons. The molecule has 2 aromatic rings. The Kier molecular flexibility index (Phi) is 6.05. The van der Waals surface area contributed by atoms with Crippen molar-refractivity contribution >= 4 is 35.0 Å². The molecule has 1 saturated heterocycles. The highest BCUT2D eigenvalue weighted by Gasteiger charge is 2.24. The lowest BCUT2D eigenvalue weighted by Crippen LogP contribution is -2.44. The van der Waals surface area contributed by atoms with Gasteiger partial charge in [-0.25, -0.2) is 4.68 Å². The molecular weight excluding hydrogens is 379 g/mol.